The lowest BCUT2D eigenvalue weighted by Gasteiger charge is -2.28. The van der Waals surface area contributed by atoms with Gasteiger partial charge in [0.1, 0.15) is 23.1 Å². The maximum Gasteiger partial charge on any atom is 0.573 e. The lowest BCUT2D eigenvalue weighted by atomic mass is 9.83. The van der Waals surface area contributed by atoms with Crippen LogP contribution in [0.4, 0.5) is 46.5 Å². The van der Waals surface area contributed by atoms with Crippen molar-refractivity contribution >= 4 is 17.3 Å². The Morgan fingerprint density at radius 3 is 2.32 bits per heavy atom. The highest BCUT2D eigenvalue weighted by atomic mass is 19.4. The van der Waals surface area contributed by atoms with Crippen LogP contribution >= 0.6 is 0 Å². The van der Waals surface area contributed by atoms with Gasteiger partial charge >= 0.3 is 12.5 Å². The lowest BCUT2D eigenvalue weighted by Crippen LogP contribution is -2.24. The van der Waals surface area contributed by atoms with Crippen LogP contribution in [0.25, 0.3) is 0 Å². The summed E-state index contributed by atoms with van der Waals surface area (Å²) in [5, 5.41) is 2.21. The maximum atomic E-state index is 15.3. The molecule has 1 aliphatic rings. The number of nitrogen functional groups attached to an aromatic ring is 1. The van der Waals surface area contributed by atoms with E-state index in [9.17, 15) is 35.5 Å². The zero-order valence-corrected chi connectivity index (χ0v) is 18.4. The van der Waals surface area contributed by atoms with Crippen molar-refractivity contribution in [1.82, 2.24) is 0 Å². The van der Waals surface area contributed by atoms with Gasteiger partial charge in [-0.15, -0.1) is 13.2 Å². The summed E-state index contributed by atoms with van der Waals surface area (Å²) in [5.74, 6) is -5.51. The summed E-state index contributed by atoms with van der Waals surface area (Å²) in [6.45, 7) is -0.0919. The van der Waals surface area contributed by atoms with Crippen LogP contribution in [0.5, 0.6) is 11.5 Å². The van der Waals surface area contributed by atoms with Crippen LogP contribution < -0.4 is 20.5 Å². The number of fused-ring (bicyclic) bond motifs is 1. The van der Waals surface area contributed by atoms with E-state index in [1.54, 1.807) is 0 Å². The molecule has 1 heterocycles. The molecule has 4 rings (SSSR count). The van der Waals surface area contributed by atoms with E-state index in [0.29, 0.717) is 6.07 Å². The lowest BCUT2D eigenvalue weighted by molar-refractivity contribution is -0.274. The summed E-state index contributed by atoms with van der Waals surface area (Å²) in [7, 11) is 0. The smallest absolute Gasteiger partial charge is 0.493 e. The standard InChI is InChI=1S/C24H16F8N2O3/c25-17-6-1-11(9-18(17)33)34-22(35)20-15(4-5-16(21(20)26)23(27,28)29)13-7-8-36-19-10-12(2-3-14(13)19)37-24(30,31)32/h1-6,9-10,13H,7-8,33H2,(H,34,35). The number of nitrogens with two attached hydrogens (primary N) is 1. The van der Waals surface area contributed by atoms with Gasteiger partial charge in [-0.25, -0.2) is 8.78 Å². The largest absolute Gasteiger partial charge is 0.573 e. The number of benzene rings is 3. The number of rotatable bonds is 4. The van der Waals surface area contributed by atoms with Crippen molar-refractivity contribution in [1.29, 1.82) is 0 Å². The topological polar surface area (TPSA) is 73.6 Å². The van der Waals surface area contributed by atoms with Crippen LogP contribution in [0.3, 0.4) is 0 Å². The number of nitrogens with one attached hydrogen (secondary N) is 1. The second kappa shape index (κ2) is 9.45. The predicted molar refractivity (Wildman–Crippen MR) is 115 cm³/mol. The van der Waals surface area contributed by atoms with Gasteiger partial charge in [-0.2, -0.15) is 13.2 Å². The van der Waals surface area contributed by atoms with E-state index in [1.807, 2.05) is 0 Å². The highest BCUT2D eigenvalue weighted by Crippen LogP contribution is 2.44. The molecule has 5 nitrogen and oxygen atoms in total. The molecule has 3 aromatic carbocycles. The summed E-state index contributed by atoms with van der Waals surface area (Å²) in [6.07, 6.45) is -10.0. The minimum atomic E-state index is -5.13. The molecular weight excluding hydrogens is 516 g/mol. The van der Waals surface area contributed by atoms with Crippen LogP contribution in [0.2, 0.25) is 0 Å². The number of alkyl halides is 6. The Kier molecular flexibility index (Phi) is 6.65. The Hall–Kier alpha value is -4.03. The van der Waals surface area contributed by atoms with E-state index in [2.05, 4.69) is 10.1 Å². The van der Waals surface area contributed by atoms with E-state index in [-0.39, 0.29) is 41.3 Å². The third kappa shape index (κ3) is 5.54. The summed E-state index contributed by atoms with van der Waals surface area (Å²) in [6, 6.07) is 7.51. The number of anilines is 2. The van der Waals surface area contributed by atoms with Crippen molar-refractivity contribution in [2.24, 2.45) is 0 Å². The molecular formula is C24H16F8N2O3. The summed E-state index contributed by atoms with van der Waals surface area (Å²) in [5.41, 5.74) is 2.40. The van der Waals surface area contributed by atoms with Gasteiger partial charge in [-0.1, -0.05) is 12.1 Å². The summed E-state index contributed by atoms with van der Waals surface area (Å²) >= 11 is 0. The highest BCUT2D eigenvalue weighted by molar-refractivity contribution is 6.06. The first-order valence-electron chi connectivity index (χ1n) is 10.5. The molecule has 3 aromatic rings. The minimum absolute atomic E-state index is 0.0705. The van der Waals surface area contributed by atoms with Gasteiger partial charge in [-0.3, -0.25) is 4.79 Å². The van der Waals surface area contributed by atoms with Crippen LogP contribution in [-0.4, -0.2) is 18.9 Å². The number of carbonyl (C=O) groups excluding carboxylic acids is 1. The number of carbonyl (C=O) groups is 1. The van der Waals surface area contributed by atoms with E-state index >= 15 is 4.39 Å². The maximum absolute atomic E-state index is 15.3. The molecule has 0 saturated heterocycles. The van der Waals surface area contributed by atoms with Crippen molar-refractivity contribution in [3.63, 3.8) is 0 Å². The number of ether oxygens (including phenoxy) is 2. The first-order valence-corrected chi connectivity index (χ1v) is 10.5. The summed E-state index contributed by atoms with van der Waals surface area (Å²) in [4.78, 5) is 13.1. The molecule has 13 heteroatoms. The van der Waals surface area contributed by atoms with Crippen LogP contribution in [0.1, 0.15) is 39.4 Å². The van der Waals surface area contributed by atoms with Crippen molar-refractivity contribution < 1.29 is 49.4 Å². The molecule has 0 saturated carbocycles. The van der Waals surface area contributed by atoms with Gasteiger partial charge < -0.3 is 20.5 Å². The SMILES string of the molecule is Nc1cc(NC(=O)c2c(C3CCOc4cc(OC(F)(F)F)ccc43)ccc(C(F)(F)F)c2F)ccc1F. The summed E-state index contributed by atoms with van der Waals surface area (Å²) < 4.78 is 116. The zero-order valence-electron chi connectivity index (χ0n) is 18.4. The van der Waals surface area contributed by atoms with Gasteiger partial charge in [0.05, 0.1) is 23.4 Å². The van der Waals surface area contributed by atoms with E-state index < -0.39 is 52.9 Å². The van der Waals surface area contributed by atoms with E-state index in [1.165, 1.54) is 6.07 Å². The van der Waals surface area contributed by atoms with Gasteiger partial charge in [0, 0.05) is 23.2 Å². The van der Waals surface area contributed by atoms with Gasteiger partial charge in [0.25, 0.3) is 5.91 Å². The first kappa shape index (κ1) is 26.0. The number of amides is 1. The quantitative estimate of drug-likeness (QED) is 0.292. The number of halogens is 8. The normalized spacial score (nSPS) is 15.5. The monoisotopic (exact) mass is 532 g/mol. The van der Waals surface area contributed by atoms with Crippen molar-refractivity contribution in [2.75, 3.05) is 17.7 Å². The Labute approximate surface area is 203 Å². The average Bonchev–Trinajstić information content (AvgIpc) is 2.78. The molecule has 1 amide bonds. The Morgan fingerprint density at radius 2 is 1.68 bits per heavy atom. The van der Waals surface area contributed by atoms with E-state index in [4.69, 9.17) is 10.5 Å². The minimum Gasteiger partial charge on any atom is -0.493 e. The van der Waals surface area contributed by atoms with Gasteiger partial charge in [0.15, 0.2) is 0 Å². The van der Waals surface area contributed by atoms with E-state index in [0.717, 1.165) is 36.4 Å². The van der Waals surface area contributed by atoms with Crippen molar-refractivity contribution in [3.05, 3.63) is 82.4 Å². The fraction of sp³-hybridized carbons (Fsp3) is 0.208. The fourth-order valence-electron chi connectivity index (χ4n) is 4.04. The van der Waals surface area contributed by atoms with Gasteiger partial charge in [0.2, 0.25) is 0 Å². The molecule has 1 aliphatic heterocycles. The molecule has 0 aliphatic carbocycles. The second-order valence-corrected chi connectivity index (χ2v) is 8.02. The van der Waals surface area contributed by atoms with Crippen LogP contribution in [-0.2, 0) is 6.18 Å². The molecule has 0 radical (unpaired) electrons. The molecule has 37 heavy (non-hydrogen) atoms. The number of hydrogen-bond donors (Lipinski definition) is 2. The Bertz CT molecular complexity index is 1360. The average molecular weight is 532 g/mol. The Balaban J connectivity index is 1.80. The molecule has 0 spiro atoms. The zero-order chi connectivity index (χ0) is 27.1. The van der Waals surface area contributed by atoms with Crippen LogP contribution in [0.15, 0.2) is 48.5 Å². The second-order valence-electron chi connectivity index (χ2n) is 8.02. The molecule has 1 atom stereocenters. The fourth-order valence-corrected chi connectivity index (χ4v) is 4.04. The molecule has 0 bridgehead atoms. The third-order valence-electron chi connectivity index (χ3n) is 5.59. The third-order valence-corrected chi connectivity index (χ3v) is 5.59. The molecule has 196 valence electrons. The predicted octanol–water partition coefficient (Wildman–Crippen LogP) is 6.63. The first-order chi connectivity index (χ1) is 17.2. The van der Waals surface area contributed by atoms with Crippen molar-refractivity contribution in [3.8, 4) is 11.5 Å². The van der Waals surface area contributed by atoms with Crippen LogP contribution in [0, 0.1) is 11.6 Å². The molecule has 0 fully saturated rings. The van der Waals surface area contributed by atoms with Crippen molar-refractivity contribution in [2.45, 2.75) is 24.9 Å². The Morgan fingerprint density at radius 1 is 0.973 bits per heavy atom. The number of hydrogen-bond acceptors (Lipinski definition) is 4. The van der Waals surface area contributed by atoms with Gasteiger partial charge in [-0.05, 0) is 42.3 Å². The molecule has 0 aromatic heterocycles. The highest BCUT2D eigenvalue weighted by Gasteiger charge is 2.39. The molecule has 3 N–H and O–H groups in total. The molecule has 1 unspecified atom stereocenters.